The number of ether oxygens (including phenoxy) is 1. The van der Waals surface area contributed by atoms with Gasteiger partial charge in [0.2, 0.25) is 0 Å². The average Bonchev–Trinajstić information content (AvgIpc) is 3.47. The van der Waals surface area contributed by atoms with Gasteiger partial charge in [-0.3, -0.25) is 9.88 Å². The number of anilines is 1. The molecule has 1 aliphatic rings. The van der Waals surface area contributed by atoms with E-state index in [4.69, 9.17) is 14.9 Å². The van der Waals surface area contributed by atoms with Crippen LogP contribution in [0.15, 0.2) is 60.8 Å². The lowest BCUT2D eigenvalue weighted by molar-refractivity contribution is 0.179. The van der Waals surface area contributed by atoms with Gasteiger partial charge in [-0.15, -0.1) is 11.3 Å². The van der Waals surface area contributed by atoms with Gasteiger partial charge < -0.3 is 14.9 Å². The molecule has 200 valence electrons. The van der Waals surface area contributed by atoms with Crippen LogP contribution in [0.4, 0.5) is 10.1 Å². The summed E-state index contributed by atoms with van der Waals surface area (Å²) >= 11 is 1.59. The number of thiophene rings is 1. The second-order valence-electron chi connectivity index (χ2n) is 11.6. The second kappa shape index (κ2) is 10.4. The third-order valence-electron chi connectivity index (χ3n) is 7.69. The van der Waals surface area contributed by atoms with E-state index >= 15 is 0 Å². The van der Waals surface area contributed by atoms with Crippen molar-refractivity contribution in [3.05, 3.63) is 72.2 Å². The monoisotopic (exact) mass is 549 g/mol. The number of likely N-dealkylation sites (tertiary alicyclic amines) is 1. The van der Waals surface area contributed by atoms with Crippen LogP contribution >= 0.6 is 11.3 Å². The minimum Gasteiger partial charge on any atom is -0.453 e. The molecule has 0 amide bonds. The van der Waals surface area contributed by atoms with Gasteiger partial charge in [0, 0.05) is 48.5 Å². The van der Waals surface area contributed by atoms with E-state index in [2.05, 4.69) is 74.1 Å². The topological polar surface area (TPSA) is 60.6 Å². The Labute approximate surface area is 229 Å². The minimum atomic E-state index is -1.75. The number of pyridine rings is 1. The van der Waals surface area contributed by atoms with E-state index < -0.39 is 14.1 Å². The lowest BCUT2D eigenvalue weighted by atomic mass is 10.1. The lowest BCUT2D eigenvalue weighted by Gasteiger charge is -2.38. The van der Waals surface area contributed by atoms with Crippen molar-refractivity contribution in [1.82, 2.24) is 9.88 Å². The molecule has 2 N–H and O–H groups in total. The number of fused-ring (bicyclic) bond motifs is 1. The zero-order valence-corrected chi connectivity index (χ0v) is 24.6. The van der Waals surface area contributed by atoms with Crippen molar-refractivity contribution >= 4 is 35.6 Å². The molecule has 3 heterocycles. The number of hydrogen-bond donors (Lipinski definition) is 1. The Hall–Kier alpha value is -2.78. The molecule has 2 aromatic heterocycles. The Balaban J connectivity index is 1.26. The average molecular weight is 550 g/mol. The zero-order chi connectivity index (χ0) is 27.1. The largest absolute Gasteiger partial charge is 0.453 e. The summed E-state index contributed by atoms with van der Waals surface area (Å²) < 4.78 is 27.7. The molecule has 38 heavy (non-hydrogen) atoms. The van der Waals surface area contributed by atoms with Gasteiger partial charge in [-0.25, -0.2) is 4.39 Å². The van der Waals surface area contributed by atoms with E-state index in [0.717, 1.165) is 46.7 Å². The van der Waals surface area contributed by atoms with Crippen LogP contribution in [0.1, 0.15) is 32.8 Å². The summed E-state index contributed by atoms with van der Waals surface area (Å²) in [6.07, 6.45) is 3.12. The molecule has 4 aromatic rings. The summed E-state index contributed by atoms with van der Waals surface area (Å²) in [6.45, 7) is 14.6. The van der Waals surface area contributed by atoms with E-state index in [-0.39, 0.29) is 10.8 Å². The highest BCUT2D eigenvalue weighted by Crippen LogP contribution is 2.40. The summed E-state index contributed by atoms with van der Waals surface area (Å²) in [4.78, 5) is 8.09. The van der Waals surface area contributed by atoms with Gasteiger partial charge in [0.1, 0.15) is 5.75 Å². The van der Waals surface area contributed by atoms with Gasteiger partial charge in [0.25, 0.3) is 0 Å². The van der Waals surface area contributed by atoms with Crippen LogP contribution in [0.25, 0.3) is 20.7 Å². The molecule has 5 rings (SSSR count). The molecular weight excluding hydrogens is 514 g/mol. The molecule has 0 spiro atoms. The van der Waals surface area contributed by atoms with Gasteiger partial charge in [0.15, 0.2) is 19.9 Å². The Morgan fingerprint density at radius 3 is 2.55 bits per heavy atom. The molecule has 1 fully saturated rings. The maximum absolute atomic E-state index is 14.3. The molecule has 5 nitrogen and oxygen atoms in total. The molecule has 8 heteroatoms. The molecule has 1 aliphatic heterocycles. The quantitative estimate of drug-likeness (QED) is 0.187. The Morgan fingerprint density at radius 1 is 1.08 bits per heavy atom. The summed E-state index contributed by atoms with van der Waals surface area (Å²) in [6, 6.07) is 17.0. The van der Waals surface area contributed by atoms with Crippen LogP contribution in [0.5, 0.6) is 11.5 Å². The third kappa shape index (κ3) is 5.78. The van der Waals surface area contributed by atoms with Crippen LogP contribution in [-0.2, 0) is 11.0 Å². The fourth-order valence-electron chi connectivity index (χ4n) is 4.52. The first-order valence-electron chi connectivity index (χ1n) is 13.1. The van der Waals surface area contributed by atoms with Gasteiger partial charge in [-0.1, -0.05) is 45.0 Å². The predicted octanol–water partition coefficient (Wildman–Crippen LogP) is 8.07. The highest BCUT2D eigenvalue weighted by atomic mass is 32.1. The number of rotatable bonds is 7. The highest BCUT2D eigenvalue weighted by molar-refractivity contribution is 7.22. The van der Waals surface area contributed by atoms with Crippen LogP contribution < -0.4 is 10.5 Å². The minimum absolute atomic E-state index is 0.143. The van der Waals surface area contributed by atoms with Gasteiger partial charge in [-0.2, -0.15) is 0 Å². The number of benzene rings is 2. The van der Waals surface area contributed by atoms with Crippen LogP contribution in [0.3, 0.4) is 0 Å². The van der Waals surface area contributed by atoms with Gasteiger partial charge >= 0.3 is 0 Å². The number of nitrogens with two attached hydrogens (primary N) is 1. The molecule has 1 saturated heterocycles. The zero-order valence-electron chi connectivity index (χ0n) is 22.8. The number of nitrogen functional groups attached to an aromatic ring is 1. The normalized spacial score (nSPS) is 16.8. The van der Waals surface area contributed by atoms with E-state index in [1.165, 1.54) is 11.6 Å². The summed E-state index contributed by atoms with van der Waals surface area (Å²) in [7, 11) is -1.75. The van der Waals surface area contributed by atoms with E-state index in [1.807, 2.05) is 0 Å². The molecule has 0 unspecified atom stereocenters. The first-order chi connectivity index (χ1) is 18.0. The van der Waals surface area contributed by atoms with Crippen molar-refractivity contribution in [3.8, 4) is 21.9 Å². The highest BCUT2D eigenvalue weighted by Gasteiger charge is 2.40. The van der Waals surface area contributed by atoms with E-state index in [1.54, 1.807) is 35.7 Å². The molecule has 0 aliphatic carbocycles. The number of hydrogen-bond acceptors (Lipinski definition) is 6. The van der Waals surface area contributed by atoms with Crippen LogP contribution in [0.2, 0.25) is 18.1 Å². The van der Waals surface area contributed by atoms with Gasteiger partial charge in [0.05, 0.1) is 16.3 Å². The van der Waals surface area contributed by atoms with E-state index in [0.29, 0.717) is 17.5 Å². The Morgan fingerprint density at radius 2 is 1.84 bits per heavy atom. The standard InChI is InChI=1S/C30H36FN3O2SSi/c1-30(2,3)38(4,5)36-23-13-15-34(19-23)18-20-6-8-21(9-7-20)28-17-25-29(37-28)27(12-14-33-25)35-26-11-10-22(32)16-24(26)31/h6-12,14,16-17,23H,13,15,18-19,32H2,1-5H3/t23-/m0/s1. The maximum atomic E-state index is 14.3. The second-order valence-corrected chi connectivity index (χ2v) is 17.5. The van der Waals surface area contributed by atoms with Crippen molar-refractivity contribution in [2.75, 3.05) is 18.8 Å². The molecule has 0 radical (unpaired) electrons. The van der Waals surface area contributed by atoms with E-state index in [9.17, 15) is 4.39 Å². The predicted molar refractivity (Wildman–Crippen MR) is 158 cm³/mol. The van der Waals surface area contributed by atoms with Crippen molar-refractivity contribution < 1.29 is 13.6 Å². The van der Waals surface area contributed by atoms with Crippen LogP contribution in [0, 0.1) is 5.82 Å². The number of halogens is 1. The fraction of sp³-hybridized carbons (Fsp3) is 0.367. The molecule has 0 bridgehead atoms. The Kier molecular flexibility index (Phi) is 7.35. The molecule has 2 aromatic carbocycles. The summed E-state index contributed by atoms with van der Waals surface area (Å²) in [5.74, 6) is 0.234. The van der Waals surface area contributed by atoms with Crippen molar-refractivity contribution in [2.24, 2.45) is 0 Å². The number of aromatic nitrogens is 1. The first kappa shape index (κ1) is 26.8. The molecule has 1 atom stereocenters. The SMILES string of the molecule is CC(C)(C)[Si](C)(C)O[C@H]1CCN(Cc2ccc(-c3cc4nccc(Oc5ccc(N)cc5F)c4s3)cc2)C1. The maximum Gasteiger partial charge on any atom is 0.192 e. The molecule has 0 saturated carbocycles. The lowest BCUT2D eigenvalue weighted by Crippen LogP contribution is -2.44. The van der Waals surface area contributed by atoms with Crippen molar-refractivity contribution in [1.29, 1.82) is 0 Å². The van der Waals surface area contributed by atoms with Crippen molar-refractivity contribution in [3.63, 3.8) is 0 Å². The third-order valence-corrected chi connectivity index (χ3v) is 13.4. The Bertz CT molecular complexity index is 1430. The summed E-state index contributed by atoms with van der Waals surface area (Å²) in [5, 5.41) is 0.234. The number of nitrogens with zero attached hydrogens (tertiary/aromatic N) is 2. The molecular formula is C30H36FN3O2SSi. The first-order valence-corrected chi connectivity index (χ1v) is 16.8. The van der Waals surface area contributed by atoms with Gasteiger partial charge in [-0.05, 0) is 53.9 Å². The van der Waals surface area contributed by atoms with Crippen LogP contribution in [-0.4, -0.2) is 37.4 Å². The smallest absolute Gasteiger partial charge is 0.192 e. The fourth-order valence-corrected chi connectivity index (χ4v) is 6.97. The van der Waals surface area contributed by atoms with Crippen molar-refractivity contribution in [2.45, 2.75) is 58.0 Å². The summed E-state index contributed by atoms with van der Waals surface area (Å²) in [5.41, 5.74) is 9.28.